The van der Waals surface area contributed by atoms with Gasteiger partial charge < -0.3 is 15.5 Å². The average Bonchev–Trinajstić information content (AvgIpc) is 3.10. The van der Waals surface area contributed by atoms with E-state index >= 15 is 0 Å². The van der Waals surface area contributed by atoms with Gasteiger partial charge in [0.15, 0.2) is 0 Å². The van der Waals surface area contributed by atoms with Crippen LogP contribution >= 0.6 is 0 Å². The normalized spacial score (nSPS) is 17.1. The van der Waals surface area contributed by atoms with Crippen molar-refractivity contribution < 1.29 is 14.0 Å². The third-order valence-electron chi connectivity index (χ3n) is 4.75. The summed E-state index contributed by atoms with van der Waals surface area (Å²) in [6, 6.07) is 5.08. The number of benzene rings is 1. The summed E-state index contributed by atoms with van der Waals surface area (Å²) in [7, 11) is 0. The van der Waals surface area contributed by atoms with Gasteiger partial charge >= 0.3 is 0 Å². The van der Waals surface area contributed by atoms with Gasteiger partial charge in [0, 0.05) is 13.1 Å². The fourth-order valence-corrected chi connectivity index (χ4v) is 3.25. The summed E-state index contributed by atoms with van der Waals surface area (Å²) in [5, 5.41) is 5.60. The minimum Gasteiger partial charge on any atom is -0.354 e. The lowest BCUT2D eigenvalue weighted by Crippen LogP contribution is -2.51. The first-order valence-corrected chi connectivity index (χ1v) is 9.44. The van der Waals surface area contributed by atoms with Crippen LogP contribution in [0.4, 0.5) is 4.39 Å². The van der Waals surface area contributed by atoms with Gasteiger partial charge in [-0.2, -0.15) is 0 Å². The molecule has 0 bridgehead atoms. The van der Waals surface area contributed by atoms with Crippen LogP contribution in [0.5, 0.6) is 0 Å². The molecule has 26 heavy (non-hydrogen) atoms. The summed E-state index contributed by atoms with van der Waals surface area (Å²) in [4.78, 5) is 27.3. The van der Waals surface area contributed by atoms with Gasteiger partial charge in [-0.3, -0.25) is 9.59 Å². The fraction of sp³-hybridized carbons (Fsp3) is 0.600. The van der Waals surface area contributed by atoms with Gasteiger partial charge in [-0.25, -0.2) is 4.39 Å². The largest absolute Gasteiger partial charge is 0.354 e. The number of likely N-dealkylation sites (tertiary alicyclic amines) is 1. The molecule has 1 aromatic carbocycles. The third-order valence-corrected chi connectivity index (χ3v) is 4.75. The summed E-state index contributed by atoms with van der Waals surface area (Å²) in [5.74, 6) is -1.14. The highest BCUT2D eigenvalue weighted by Crippen LogP contribution is 2.11. The maximum absolute atomic E-state index is 13.8. The van der Waals surface area contributed by atoms with Gasteiger partial charge in [0.2, 0.25) is 5.91 Å². The van der Waals surface area contributed by atoms with E-state index in [-0.39, 0.29) is 17.4 Å². The smallest absolute Gasteiger partial charge is 0.254 e. The predicted octanol–water partition coefficient (Wildman–Crippen LogP) is 2.43. The molecule has 2 unspecified atom stereocenters. The van der Waals surface area contributed by atoms with E-state index in [1.807, 2.05) is 13.8 Å². The molecule has 0 spiro atoms. The number of rotatable bonds is 8. The van der Waals surface area contributed by atoms with Crippen LogP contribution < -0.4 is 10.6 Å². The standard InChI is InChI=1S/C20H30FN3O2/c1-14(2)18(23-19(25)16-8-4-5-9-17(16)21)20(26)22-12-15(3)13-24-10-6-7-11-24/h4-5,8-9,14-15,18H,6-7,10-13H2,1-3H3,(H,22,26)(H,23,25). The van der Waals surface area contributed by atoms with Crippen molar-refractivity contribution in [1.82, 2.24) is 15.5 Å². The minimum absolute atomic E-state index is 0.0478. The number of hydrogen-bond donors (Lipinski definition) is 2. The molecule has 2 amide bonds. The van der Waals surface area contributed by atoms with E-state index in [0.717, 1.165) is 19.6 Å². The quantitative estimate of drug-likeness (QED) is 0.746. The number of nitrogens with zero attached hydrogens (tertiary/aromatic N) is 1. The molecule has 1 heterocycles. The molecule has 0 aliphatic carbocycles. The molecule has 1 aliphatic rings. The Balaban J connectivity index is 1.88. The number of carbonyl (C=O) groups is 2. The van der Waals surface area contributed by atoms with Crippen LogP contribution in [0.1, 0.15) is 44.0 Å². The Bertz CT molecular complexity index is 615. The van der Waals surface area contributed by atoms with Crippen molar-refractivity contribution in [3.63, 3.8) is 0 Å². The highest BCUT2D eigenvalue weighted by molar-refractivity contribution is 5.97. The highest BCUT2D eigenvalue weighted by atomic mass is 19.1. The second-order valence-electron chi connectivity index (χ2n) is 7.53. The summed E-state index contributed by atoms with van der Waals surface area (Å²) < 4.78 is 13.8. The maximum atomic E-state index is 13.8. The summed E-state index contributed by atoms with van der Waals surface area (Å²) in [6.45, 7) is 9.62. The minimum atomic E-state index is -0.693. The Morgan fingerprint density at radius 3 is 2.42 bits per heavy atom. The first kappa shape index (κ1) is 20.4. The van der Waals surface area contributed by atoms with E-state index < -0.39 is 17.8 Å². The molecule has 2 atom stereocenters. The van der Waals surface area contributed by atoms with E-state index in [9.17, 15) is 14.0 Å². The Hall–Kier alpha value is -1.95. The first-order chi connectivity index (χ1) is 12.4. The molecule has 0 radical (unpaired) electrons. The molecule has 1 saturated heterocycles. The van der Waals surface area contributed by atoms with Crippen LogP contribution in [0, 0.1) is 17.7 Å². The van der Waals surface area contributed by atoms with Crippen molar-refractivity contribution in [3.8, 4) is 0 Å². The Morgan fingerprint density at radius 1 is 1.15 bits per heavy atom. The van der Waals surface area contributed by atoms with Crippen LogP contribution in [0.3, 0.4) is 0 Å². The van der Waals surface area contributed by atoms with Crippen molar-refractivity contribution in [2.45, 2.75) is 39.7 Å². The topological polar surface area (TPSA) is 61.4 Å². The number of amides is 2. The molecule has 144 valence electrons. The number of hydrogen-bond acceptors (Lipinski definition) is 3. The predicted molar refractivity (Wildman–Crippen MR) is 100 cm³/mol. The highest BCUT2D eigenvalue weighted by Gasteiger charge is 2.26. The van der Waals surface area contributed by atoms with E-state index in [0.29, 0.717) is 12.5 Å². The van der Waals surface area contributed by atoms with E-state index in [1.165, 1.54) is 31.0 Å². The van der Waals surface area contributed by atoms with Crippen molar-refractivity contribution >= 4 is 11.8 Å². The summed E-state index contributed by atoms with van der Waals surface area (Å²) in [6.07, 6.45) is 2.49. The lowest BCUT2D eigenvalue weighted by molar-refractivity contribution is -0.124. The van der Waals surface area contributed by atoms with Crippen molar-refractivity contribution in [3.05, 3.63) is 35.6 Å². The molecule has 1 aliphatic heterocycles. The maximum Gasteiger partial charge on any atom is 0.254 e. The van der Waals surface area contributed by atoms with Gasteiger partial charge in [0.1, 0.15) is 11.9 Å². The zero-order chi connectivity index (χ0) is 19.1. The Labute approximate surface area is 155 Å². The van der Waals surface area contributed by atoms with Crippen LogP contribution in [0.15, 0.2) is 24.3 Å². The number of halogens is 1. The van der Waals surface area contributed by atoms with Crippen LogP contribution in [-0.2, 0) is 4.79 Å². The molecule has 2 N–H and O–H groups in total. The summed E-state index contributed by atoms with van der Waals surface area (Å²) >= 11 is 0. The van der Waals surface area contributed by atoms with Gasteiger partial charge in [0.25, 0.3) is 5.91 Å². The van der Waals surface area contributed by atoms with Crippen molar-refractivity contribution in [2.24, 2.45) is 11.8 Å². The molecule has 5 nitrogen and oxygen atoms in total. The monoisotopic (exact) mass is 363 g/mol. The van der Waals surface area contributed by atoms with Crippen LogP contribution in [0.2, 0.25) is 0 Å². The van der Waals surface area contributed by atoms with Crippen LogP contribution in [-0.4, -0.2) is 48.9 Å². The zero-order valence-electron chi connectivity index (χ0n) is 15.9. The third kappa shape index (κ3) is 5.80. The van der Waals surface area contributed by atoms with Crippen molar-refractivity contribution in [1.29, 1.82) is 0 Å². The van der Waals surface area contributed by atoms with Gasteiger partial charge in [-0.1, -0.05) is 32.9 Å². The Kier molecular flexibility index (Phi) is 7.57. The van der Waals surface area contributed by atoms with Gasteiger partial charge in [-0.15, -0.1) is 0 Å². The number of carbonyl (C=O) groups excluding carboxylic acids is 2. The van der Waals surface area contributed by atoms with Gasteiger partial charge in [-0.05, 0) is 49.9 Å². The molecular formula is C20H30FN3O2. The van der Waals surface area contributed by atoms with E-state index in [1.54, 1.807) is 6.07 Å². The molecule has 1 aromatic rings. The lowest BCUT2D eigenvalue weighted by Gasteiger charge is -2.24. The van der Waals surface area contributed by atoms with E-state index in [4.69, 9.17) is 0 Å². The van der Waals surface area contributed by atoms with Crippen LogP contribution in [0.25, 0.3) is 0 Å². The number of nitrogens with one attached hydrogen (secondary N) is 2. The molecular weight excluding hydrogens is 333 g/mol. The Morgan fingerprint density at radius 2 is 1.81 bits per heavy atom. The molecule has 6 heteroatoms. The lowest BCUT2D eigenvalue weighted by atomic mass is 10.0. The van der Waals surface area contributed by atoms with Gasteiger partial charge in [0.05, 0.1) is 5.56 Å². The molecule has 1 fully saturated rings. The van der Waals surface area contributed by atoms with Crippen molar-refractivity contribution in [2.75, 3.05) is 26.2 Å². The SMILES string of the molecule is CC(CNC(=O)C(NC(=O)c1ccccc1F)C(C)C)CN1CCCC1. The average molecular weight is 363 g/mol. The van der Waals surface area contributed by atoms with E-state index in [2.05, 4.69) is 22.5 Å². The second-order valence-corrected chi connectivity index (χ2v) is 7.53. The zero-order valence-corrected chi connectivity index (χ0v) is 15.9. The molecule has 0 saturated carbocycles. The first-order valence-electron chi connectivity index (χ1n) is 9.44. The fourth-order valence-electron chi connectivity index (χ4n) is 3.25. The molecule has 2 rings (SSSR count). The second kappa shape index (κ2) is 9.67. The molecule has 0 aromatic heterocycles. The summed E-state index contributed by atoms with van der Waals surface area (Å²) in [5.41, 5.74) is -0.0478.